The predicted molar refractivity (Wildman–Crippen MR) is 72.6 cm³/mol. The first-order valence-electron chi connectivity index (χ1n) is 6.86. The summed E-state index contributed by atoms with van der Waals surface area (Å²) in [5.41, 5.74) is 0. The second-order valence-corrected chi connectivity index (χ2v) is 5.48. The summed E-state index contributed by atoms with van der Waals surface area (Å²) >= 11 is 5.41. The van der Waals surface area contributed by atoms with Gasteiger partial charge < -0.3 is 9.64 Å². The third-order valence-corrected chi connectivity index (χ3v) is 4.21. The molecule has 0 atom stereocenters. The van der Waals surface area contributed by atoms with Crippen LogP contribution in [-0.2, 0) is 4.74 Å². The zero-order valence-corrected chi connectivity index (χ0v) is 11.4. The third kappa shape index (κ3) is 2.31. The molecule has 0 amide bonds. The second kappa shape index (κ2) is 5.40. The lowest BCUT2D eigenvalue weighted by Gasteiger charge is -2.31. The van der Waals surface area contributed by atoms with E-state index in [-0.39, 0.29) is 0 Å². The van der Waals surface area contributed by atoms with Gasteiger partial charge in [0, 0.05) is 19.1 Å². The maximum atomic E-state index is 5.41. The van der Waals surface area contributed by atoms with Crippen molar-refractivity contribution in [1.29, 1.82) is 0 Å². The minimum Gasteiger partial charge on any atom is -0.378 e. The minimum atomic E-state index is 0.530. The van der Waals surface area contributed by atoms with Crippen molar-refractivity contribution in [3.63, 3.8) is 0 Å². The molecule has 2 heterocycles. The summed E-state index contributed by atoms with van der Waals surface area (Å²) in [4.78, 5) is 2.28. The number of rotatable bonds is 2. The van der Waals surface area contributed by atoms with Gasteiger partial charge in [-0.25, -0.2) is 5.10 Å². The first-order valence-corrected chi connectivity index (χ1v) is 7.26. The van der Waals surface area contributed by atoms with E-state index in [0.717, 1.165) is 37.0 Å². The first-order chi connectivity index (χ1) is 8.86. The Morgan fingerprint density at radius 2 is 1.89 bits per heavy atom. The average molecular weight is 268 g/mol. The standard InChI is InChI=1S/C12H20N4OS/c18-12-14-13-11(15-6-8-17-9-7-15)16(12)10-4-2-1-3-5-10/h10H,1-9H2,(H,14,18). The Labute approximate surface area is 112 Å². The van der Waals surface area contributed by atoms with Gasteiger partial charge in [0.05, 0.1) is 13.2 Å². The Bertz CT molecular complexity index is 443. The predicted octanol–water partition coefficient (Wildman–Crippen LogP) is 2.28. The maximum absolute atomic E-state index is 5.41. The highest BCUT2D eigenvalue weighted by atomic mass is 32.1. The van der Waals surface area contributed by atoms with Gasteiger partial charge in [0.25, 0.3) is 0 Å². The van der Waals surface area contributed by atoms with Crippen LogP contribution in [0.5, 0.6) is 0 Å². The highest BCUT2D eigenvalue weighted by Crippen LogP contribution is 2.31. The van der Waals surface area contributed by atoms with Crippen molar-refractivity contribution in [3.05, 3.63) is 4.77 Å². The molecule has 1 saturated carbocycles. The van der Waals surface area contributed by atoms with Crippen molar-refractivity contribution in [1.82, 2.24) is 14.8 Å². The Morgan fingerprint density at radius 3 is 2.61 bits per heavy atom. The van der Waals surface area contributed by atoms with Crippen molar-refractivity contribution < 1.29 is 4.74 Å². The fraction of sp³-hybridized carbons (Fsp3) is 0.833. The van der Waals surface area contributed by atoms with Crippen LogP contribution in [0.1, 0.15) is 38.1 Å². The Balaban J connectivity index is 1.87. The van der Waals surface area contributed by atoms with Crippen LogP contribution in [-0.4, -0.2) is 41.1 Å². The number of aromatic nitrogens is 3. The number of hydrogen-bond acceptors (Lipinski definition) is 4. The molecule has 2 fully saturated rings. The van der Waals surface area contributed by atoms with E-state index in [2.05, 4.69) is 19.7 Å². The molecular formula is C12H20N4OS. The van der Waals surface area contributed by atoms with Crippen molar-refractivity contribution in [2.45, 2.75) is 38.1 Å². The van der Waals surface area contributed by atoms with Gasteiger partial charge in [-0.2, -0.15) is 0 Å². The number of morpholine rings is 1. The molecule has 1 saturated heterocycles. The van der Waals surface area contributed by atoms with Gasteiger partial charge in [0.1, 0.15) is 0 Å². The zero-order valence-electron chi connectivity index (χ0n) is 10.6. The SMILES string of the molecule is S=c1[nH]nc(N2CCOCC2)n1C1CCCCC1. The van der Waals surface area contributed by atoms with E-state index >= 15 is 0 Å². The lowest BCUT2D eigenvalue weighted by Crippen LogP contribution is -2.38. The molecule has 100 valence electrons. The molecular weight excluding hydrogens is 248 g/mol. The topological polar surface area (TPSA) is 46.1 Å². The average Bonchev–Trinajstić information content (AvgIpc) is 2.83. The molecule has 3 rings (SSSR count). The summed E-state index contributed by atoms with van der Waals surface area (Å²) in [6.07, 6.45) is 6.42. The van der Waals surface area contributed by atoms with Crippen LogP contribution in [0.2, 0.25) is 0 Å². The van der Waals surface area contributed by atoms with Crippen molar-refractivity contribution in [3.8, 4) is 0 Å². The van der Waals surface area contributed by atoms with Gasteiger partial charge in [-0.05, 0) is 25.1 Å². The smallest absolute Gasteiger partial charge is 0.226 e. The fourth-order valence-corrected chi connectivity index (χ4v) is 3.23. The Kier molecular flexibility index (Phi) is 3.65. The van der Waals surface area contributed by atoms with Gasteiger partial charge in [0.15, 0.2) is 4.77 Å². The Morgan fingerprint density at radius 1 is 1.17 bits per heavy atom. The molecule has 5 nitrogen and oxygen atoms in total. The summed E-state index contributed by atoms with van der Waals surface area (Å²) in [7, 11) is 0. The second-order valence-electron chi connectivity index (χ2n) is 5.09. The quantitative estimate of drug-likeness (QED) is 0.836. The Hall–Kier alpha value is -0.880. The van der Waals surface area contributed by atoms with Crippen LogP contribution >= 0.6 is 12.2 Å². The molecule has 0 bridgehead atoms. The van der Waals surface area contributed by atoms with E-state index in [4.69, 9.17) is 17.0 Å². The molecule has 0 spiro atoms. The van der Waals surface area contributed by atoms with Crippen LogP contribution < -0.4 is 4.90 Å². The number of H-pyrrole nitrogens is 1. The van der Waals surface area contributed by atoms with E-state index in [1.54, 1.807) is 0 Å². The monoisotopic (exact) mass is 268 g/mol. The summed E-state index contributed by atoms with van der Waals surface area (Å²) in [6.45, 7) is 3.38. The van der Waals surface area contributed by atoms with Crippen LogP contribution in [0.15, 0.2) is 0 Å². The van der Waals surface area contributed by atoms with Crippen molar-refractivity contribution in [2.75, 3.05) is 31.2 Å². The summed E-state index contributed by atoms with van der Waals surface area (Å²) in [5, 5.41) is 7.40. The highest BCUT2D eigenvalue weighted by molar-refractivity contribution is 7.71. The van der Waals surface area contributed by atoms with Crippen LogP contribution in [0.3, 0.4) is 0 Å². The first kappa shape index (κ1) is 12.2. The molecule has 1 aliphatic carbocycles. The number of nitrogens with one attached hydrogen (secondary N) is 1. The molecule has 0 unspecified atom stereocenters. The number of anilines is 1. The molecule has 2 aliphatic rings. The number of nitrogens with zero attached hydrogens (tertiary/aromatic N) is 3. The van der Waals surface area contributed by atoms with Crippen molar-refractivity contribution >= 4 is 18.2 Å². The van der Waals surface area contributed by atoms with E-state index in [0.29, 0.717) is 6.04 Å². The molecule has 1 aromatic heterocycles. The number of aromatic amines is 1. The molecule has 1 aliphatic heterocycles. The van der Waals surface area contributed by atoms with Gasteiger partial charge in [-0.15, -0.1) is 5.10 Å². The normalized spacial score (nSPS) is 22.3. The van der Waals surface area contributed by atoms with Gasteiger partial charge in [0.2, 0.25) is 5.95 Å². The lowest BCUT2D eigenvalue weighted by molar-refractivity contribution is 0.121. The molecule has 0 radical (unpaired) electrons. The highest BCUT2D eigenvalue weighted by Gasteiger charge is 2.23. The largest absolute Gasteiger partial charge is 0.378 e. The van der Waals surface area contributed by atoms with Crippen LogP contribution in [0, 0.1) is 4.77 Å². The minimum absolute atomic E-state index is 0.530. The lowest BCUT2D eigenvalue weighted by atomic mass is 9.95. The van der Waals surface area contributed by atoms with E-state index < -0.39 is 0 Å². The van der Waals surface area contributed by atoms with Gasteiger partial charge in [-0.1, -0.05) is 19.3 Å². The zero-order chi connectivity index (χ0) is 12.4. The molecule has 0 aromatic carbocycles. The third-order valence-electron chi connectivity index (χ3n) is 3.92. The van der Waals surface area contributed by atoms with Crippen LogP contribution in [0.25, 0.3) is 0 Å². The molecule has 6 heteroatoms. The van der Waals surface area contributed by atoms with E-state index in [1.165, 1.54) is 32.1 Å². The number of hydrogen-bond donors (Lipinski definition) is 1. The molecule has 18 heavy (non-hydrogen) atoms. The van der Waals surface area contributed by atoms with Gasteiger partial charge in [-0.3, -0.25) is 4.57 Å². The van der Waals surface area contributed by atoms with Crippen molar-refractivity contribution in [2.24, 2.45) is 0 Å². The molecule has 1 N–H and O–H groups in total. The fourth-order valence-electron chi connectivity index (χ4n) is 2.95. The van der Waals surface area contributed by atoms with Gasteiger partial charge >= 0.3 is 0 Å². The van der Waals surface area contributed by atoms with E-state index in [9.17, 15) is 0 Å². The maximum Gasteiger partial charge on any atom is 0.226 e. The summed E-state index contributed by atoms with van der Waals surface area (Å²) in [6, 6.07) is 0.530. The van der Waals surface area contributed by atoms with E-state index in [1.807, 2.05) is 0 Å². The summed E-state index contributed by atoms with van der Waals surface area (Å²) in [5.74, 6) is 1.01. The molecule has 1 aromatic rings. The summed E-state index contributed by atoms with van der Waals surface area (Å²) < 4.78 is 8.40. The number of ether oxygens (including phenoxy) is 1. The van der Waals surface area contributed by atoms with Crippen LogP contribution in [0.4, 0.5) is 5.95 Å².